The van der Waals surface area contributed by atoms with Gasteiger partial charge in [0.05, 0.1) is 145 Å². The Balaban J connectivity index is 1.63. The molecule has 1 aromatic rings. The van der Waals surface area contributed by atoms with Crippen molar-refractivity contribution in [3.8, 4) is 5.75 Å². The molecule has 57 heavy (non-hydrogen) atoms. The summed E-state index contributed by atoms with van der Waals surface area (Å²) in [4.78, 5) is 11.8. The van der Waals surface area contributed by atoms with Gasteiger partial charge in [0.2, 0.25) is 0 Å². The molecular formula is C42H77NO14. The van der Waals surface area contributed by atoms with E-state index < -0.39 is 0 Å². The molecule has 0 fully saturated rings. The number of benzene rings is 1. The molecule has 0 aliphatic carbocycles. The second-order valence-electron chi connectivity index (χ2n) is 13.0. The van der Waals surface area contributed by atoms with E-state index in [0.717, 1.165) is 18.6 Å². The third kappa shape index (κ3) is 41.8. The molecule has 0 radical (unpaired) electrons. The number of carbonyl (C=O) groups excluding carboxylic acids is 1. The number of nitrogen functional groups attached to an aromatic ring is 1. The fraction of sp³-hybridized carbons (Fsp3) is 0.833. The second kappa shape index (κ2) is 44.9. The Morgan fingerprint density at radius 3 is 1.00 bits per heavy atom. The number of rotatable bonds is 47. The van der Waals surface area contributed by atoms with Gasteiger partial charge in [0.25, 0.3) is 0 Å². The van der Waals surface area contributed by atoms with Crippen LogP contribution in [0.1, 0.15) is 71.1 Å². The third-order valence-electron chi connectivity index (χ3n) is 8.07. The van der Waals surface area contributed by atoms with E-state index in [4.69, 9.17) is 67.3 Å². The van der Waals surface area contributed by atoms with Gasteiger partial charge in [-0.1, -0.05) is 58.3 Å². The predicted molar refractivity (Wildman–Crippen MR) is 218 cm³/mol. The van der Waals surface area contributed by atoms with Crippen LogP contribution in [0.2, 0.25) is 0 Å². The van der Waals surface area contributed by atoms with Crippen LogP contribution in [-0.4, -0.2) is 165 Å². The maximum absolute atomic E-state index is 11.8. The average molecular weight is 820 g/mol. The van der Waals surface area contributed by atoms with Crippen LogP contribution in [0, 0.1) is 0 Å². The quantitative estimate of drug-likeness (QED) is 0.0512. The minimum Gasteiger partial charge on any atom is -0.491 e. The molecule has 2 N–H and O–H groups in total. The normalized spacial score (nSPS) is 11.4. The molecular weight excluding hydrogens is 742 g/mol. The first kappa shape index (κ1) is 52.9. The van der Waals surface area contributed by atoms with Gasteiger partial charge in [0.15, 0.2) is 0 Å². The molecule has 0 saturated heterocycles. The highest BCUT2D eigenvalue weighted by Gasteiger charge is 2.03. The van der Waals surface area contributed by atoms with Gasteiger partial charge in [-0.05, 0) is 30.7 Å². The lowest BCUT2D eigenvalue weighted by Crippen LogP contribution is -2.16. The van der Waals surface area contributed by atoms with Gasteiger partial charge in [-0.2, -0.15) is 0 Å². The van der Waals surface area contributed by atoms with Gasteiger partial charge < -0.3 is 67.3 Å². The van der Waals surface area contributed by atoms with Crippen LogP contribution >= 0.6 is 0 Å². The summed E-state index contributed by atoms with van der Waals surface area (Å²) >= 11 is 0. The summed E-state index contributed by atoms with van der Waals surface area (Å²) in [5, 5.41) is 0. The summed E-state index contributed by atoms with van der Waals surface area (Å²) in [6, 6.07) is 7.26. The van der Waals surface area contributed by atoms with E-state index in [2.05, 4.69) is 6.92 Å². The first-order valence-electron chi connectivity index (χ1n) is 21.2. The first-order valence-corrected chi connectivity index (χ1v) is 21.2. The Morgan fingerprint density at radius 2 is 0.667 bits per heavy atom. The van der Waals surface area contributed by atoms with Gasteiger partial charge in [-0.3, -0.25) is 4.79 Å². The minimum atomic E-state index is -0.139. The second-order valence-corrected chi connectivity index (χ2v) is 13.0. The standard InChI is InChI=1S/C42H77NO14/c1-2-3-4-5-6-7-8-9-10-11-42(44)57-39-37-55-35-33-53-31-29-51-27-25-49-23-21-47-19-17-45-16-18-46-20-22-48-24-26-50-28-30-52-32-34-54-36-38-56-41-14-12-40(43)13-15-41/h12-15H,2-11,16-39,43H2,1H3. The Kier molecular flexibility index (Phi) is 41.7. The lowest BCUT2D eigenvalue weighted by atomic mass is 10.1. The molecule has 1 rings (SSSR count). The van der Waals surface area contributed by atoms with Crippen LogP contribution in [-0.2, 0) is 61.6 Å². The summed E-state index contributed by atoms with van der Waals surface area (Å²) in [6.45, 7) is 13.7. The van der Waals surface area contributed by atoms with Crippen LogP contribution in [0.4, 0.5) is 5.69 Å². The lowest BCUT2D eigenvalue weighted by Gasteiger charge is -2.09. The molecule has 0 amide bonds. The number of carbonyl (C=O) groups is 1. The topological polar surface area (TPSA) is 163 Å². The van der Waals surface area contributed by atoms with Gasteiger partial charge in [0, 0.05) is 12.1 Å². The van der Waals surface area contributed by atoms with Crippen molar-refractivity contribution in [2.45, 2.75) is 71.1 Å². The maximum atomic E-state index is 11.8. The SMILES string of the molecule is CCCCCCCCCCCC(=O)OCCOCCOCCOCCOCCOCCOCCOCCOCCOCCOCCOCCOc1ccc(N)cc1. The van der Waals surface area contributed by atoms with E-state index in [9.17, 15) is 4.79 Å². The van der Waals surface area contributed by atoms with Crippen LogP contribution in [0.25, 0.3) is 0 Å². The minimum absolute atomic E-state index is 0.139. The van der Waals surface area contributed by atoms with E-state index in [1.807, 2.05) is 12.1 Å². The molecule has 1 aromatic carbocycles. The number of ether oxygens (including phenoxy) is 13. The number of esters is 1. The van der Waals surface area contributed by atoms with Gasteiger partial charge >= 0.3 is 5.97 Å². The molecule has 0 unspecified atom stereocenters. The van der Waals surface area contributed by atoms with E-state index in [-0.39, 0.29) is 12.6 Å². The predicted octanol–water partition coefficient (Wildman–Crippen LogP) is 5.29. The molecule has 0 atom stereocenters. The molecule has 0 aromatic heterocycles. The highest BCUT2D eigenvalue weighted by atomic mass is 16.6. The average Bonchev–Trinajstić information content (AvgIpc) is 3.22. The lowest BCUT2D eigenvalue weighted by molar-refractivity contribution is -0.145. The van der Waals surface area contributed by atoms with E-state index in [1.165, 1.54) is 44.9 Å². The Labute approximate surface area is 343 Å². The number of anilines is 1. The zero-order valence-electron chi connectivity index (χ0n) is 35.1. The largest absolute Gasteiger partial charge is 0.491 e. The molecule has 0 spiro atoms. The monoisotopic (exact) mass is 820 g/mol. The van der Waals surface area contributed by atoms with Gasteiger partial charge in [0.1, 0.15) is 19.0 Å². The van der Waals surface area contributed by atoms with Crippen molar-refractivity contribution >= 4 is 11.7 Å². The number of hydrogen-bond donors (Lipinski definition) is 1. The Hall–Kier alpha value is -2.15. The van der Waals surface area contributed by atoms with Gasteiger partial charge in [-0.15, -0.1) is 0 Å². The summed E-state index contributed by atoms with van der Waals surface area (Å²) in [5.41, 5.74) is 6.36. The summed E-state index contributed by atoms with van der Waals surface area (Å²) < 4.78 is 71.2. The van der Waals surface area contributed by atoms with Crippen LogP contribution in [0.15, 0.2) is 24.3 Å². The molecule has 0 aliphatic rings. The Morgan fingerprint density at radius 1 is 0.386 bits per heavy atom. The molecule has 15 heteroatoms. The molecule has 334 valence electrons. The van der Waals surface area contributed by atoms with Crippen molar-refractivity contribution < 1.29 is 66.4 Å². The zero-order valence-corrected chi connectivity index (χ0v) is 35.1. The highest BCUT2D eigenvalue weighted by Crippen LogP contribution is 2.13. The van der Waals surface area contributed by atoms with E-state index in [1.54, 1.807) is 12.1 Å². The Bertz CT molecular complexity index is 946. The van der Waals surface area contributed by atoms with Crippen molar-refractivity contribution in [3.63, 3.8) is 0 Å². The smallest absolute Gasteiger partial charge is 0.305 e. The van der Waals surface area contributed by atoms with Crippen molar-refractivity contribution in [2.75, 3.05) is 164 Å². The van der Waals surface area contributed by atoms with Crippen molar-refractivity contribution in [2.24, 2.45) is 0 Å². The molecule has 0 aliphatic heterocycles. The number of hydrogen-bond acceptors (Lipinski definition) is 15. The highest BCUT2D eigenvalue weighted by molar-refractivity contribution is 5.69. The number of unbranched alkanes of at least 4 members (excludes halogenated alkanes) is 8. The fourth-order valence-electron chi connectivity index (χ4n) is 4.95. The molecule has 0 bridgehead atoms. The van der Waals surface area contributed by atoms with Crippen molar-refractivity contribution in [1.29, 1.82) is 0 Å². The maximum Gasteiger partial charge on any atom is 0.305 e. The van der Waals surface area contributed by atoms with Crippen molar-refractivity contribution in [1.82, 2.24) is 0 Å². The molecule has 15 nitrogen and oxygen atoms in total. The molecule has 0 saturated carbocycles. The molecule has 0 heterocycles. The van der Waals surface area contributed by atoms with Crippen LogP contribution in [0.5, 0.6) is 5.75 Å². The summed E-state index contributed by atoms with van der Waals surface area (Å²) in [6.07, 6.45) is 11.6. The van der Waals surface area contributed by atoms with Gasteiger partial charge in [-0.25, -0.2) is 0 Å². The van der Waals surface area contributed by atoms with Crippen molar-refractivity contribution in [3.05, 3.63) is 24.3 Å². The summed E-state index contributed by atoms with van der Waals surface area (Å²) in [5.74, 6) is 0.630. The third-order valence-corrected chi connectivity index (χ3v) is 8.07. The fourth-order valence-corrected chi connectivity index (χ4v) is 4.95. The van der Waals surface area contributed by atoms with E-state index in [0.29, 0.717) is 164 Å². The zero-order chi connectivity index (χ0) is 40.8. The van der Waals surface area contributed by atoms with E-state index >= 15 is 0 Å². The van der Waals surface area contributed by atoms with Crippen LogP contribution in [0.3, 0.4) is 0 Å². The van der Waals surface area contributed by atoms with Crippen LogP contribution < -0.4 is 10.5 Å². The first-order chi connectivity index (χ1) is 28.2. The summed E-state index contributed by atoms with van der Waals surface area (Å²) in [7, 11) is 0. The number of nitrogens with two attached hydrogens (primary N) is 1.